The minimum Gasteiger partial charge on any atom is -0.378 e. The fourth-order valence-electron chi connectivity index (χ4n) is 3.58. The molecule has 3 atom stereocenters. The Morgan fingerprint density at radius 3 is 2.83 bits per heavy atom. The molecule has 0 saturated carbocycles. The maximum atomic E-state index is 12.9. The summed E-state index contributed by atoms with van der Waals surface area (Å²) in [5.41, 5.74) is 0.887. The van der Waals surface area contributed by atoms with Gasteiger partial charge in [-0.05, 0) is 31.8 Å². The first kappa shape index (κ1) is 18.0. The molecule has 1 aromatic carbocycles. The number of likely N-dealkylation sites (N-methyl/N-ethyl adjacent to an activating group) is 1. The Labute approximate surface area is 152 Å². The second-order valence-electron chi connectivity index (χ2n) is 6.63. The molecule has 1 aromatic rings. The van der Waals surface area contributed by atoms with Gasteiger partial charge in [-0.2, -0.15) is 0 Å². The molecular formula is C17H23Cl2N3O2. The molecule has 0 aromatic heterocycles. The summed E-state index contributed by atoms with van der Waals surface area (Å²) in [7, 11) is 4.07. The van der Waals surface area contributed by atoms with Crippen LogP contribution in [0.1, 0.15) is 5.56 Å². The third kappa shape index (κ3) is 3.70. The highest BCUT2D eigenvalue weighted by atomic mass is 35.5. The second kappa shape index (κ2) is 7.58. The summed E-state index contributed by atoms with van der Waals surface area (Å²) in [6.07, 6.45) is 0.334. The number of fused-ring (bicyclic) bond motifs is 1. The summed E-state index contributed by atoms with van der Waals surface area (Å²) in [6, 6.07) is 5.86. The maximum absolute atomic E-state index is 12.9. The van der Waals surface area contributed by atoms with E-state index in [0.717, 1.165) is 12.1 Å². The quantitative estimate of drug-likeness (QED) is 0.877. The average Bonchev–Trinajstić information content (AvgIpc) is 2.57. The summed E-state index contributed by atoms with van der Waals surface area (Å²) in [5.74, 6) is 0.124. The number of rotatable bonds is 3. The van der Waals surface area contributed by atoms with E-state index in [2.05, 4.69) is 10.2 Å². The number of ether oxygens (including phenoxy) is 1. The summed E-state index contributed by atoms with van der Waals surface area (Å²) < 4.78 is 5.71. The lowest BCUT2D eigenvalue weighted by atomic mass is 9.93. The van der Waals surface area contributed by atoms with Crippen LogP contribution < -0.4 is 5.32 Å². The average molecular weight is 372 g/mol. The lowest BCUT2D eigenvalue weighted by Crippen LogP contribution is -2.70. The molecule has 2 aliphatic rings. The zero-order chi connectivity index (χ0) is 17.3. The third-order valence-electron chi connectivity index (χ3n) is 4.83. The normalized spacial score (nSPS) is 27.2. The van der Waals surface area contributed by atoms with Crippen molar-refractivity contribution < 1.29 is 9.53 Å². The number of hydrogen-bond donors (Lipinski definition) is 1. The molecule has 1 amide bonds. The molecule has 3 rings (SSSR count). The number of benzene rings is 1. The molecule has 2 saturated heterocycles. The van der Waals surface area contributed by atoms with E-state index in [9.17, 15) is 4.79 Å². The van der Waals surface area contributed by atoms with Crippen molar-refractivity contribution in [2.45, 2.75) is 24.5 Å². The standard InChI is InChI=1S/C17H23Cl2N3O2/c1-21(2)15-10-24-9-14-17(15)22(6-5-20-14)16(23)8-11-3-4-12(18)13(19)7-11/h3-4,7,14-15,17,20H,5-6,8-10H2,1-2H3/t14-,15+,17+/m1/s1. The molecular weight excluding hydrogens is 349 g/mol. The molecule has 2 heterocycles. The van der Waals surface area contributed by atoms with Gasteiger partial charge in [0.2, 0.25) is 5.91 Å². The van der Waals surface area contributed by atoms with Crippen molar-refractivity contribution in [3.8, 4) is 0 Å². The monoisotopic (exact) mass is 371 g/mol. The van der Waals surface area contributed by atoms with E-state index in [1.165, 1.54) is 0 Å². The predicted molar refractivity (Wildman–Crippen MR) is 95.8 cm³/mol. The number of carbonyl (C=O) groups excluding carboxylic acids is 1. The van der Waals surface area contributed by atoms with Crippen molar-refractivity contribution in [2.75, 3.05) is 40.4 Å². The van der Waals surface area contributed by atoms with Gasteiger partial charge in [-0.15, -0.1) is 0 Å². The van der Waals surface area contributed by atoms with Crippen molar-refractivity contribution in [3.05, 3.63) is 33.8 Å². The van der Waals surface area contributed by atoms with E-state index < -0.39 is 0 Å². The number of nitrogens with one attached hydrogen (secondary N) is 1. The lowest BCUT2D eigenvalue weighted by molar-refractivity contribution is -0.142. The molecule has 5 nitrogen and oxygen atoms in total. The predicted octanol–water partition coefficient (Wildman–Crippen LogP) is 1.67. The molecule has 0 spiro atoms. The van der Waals surface area contributed by atoms with E-state index in [0.29, 0.717) is 36.2 Å². The van der Waals surface area contributed by atoms with Crippen LogP contribution >= 0.6 is 23.2 Å². The maximum Gasteiger partial charge on any atom is 0.227 e. The Balaban J connectivity index is 1.77. The Kier molecular flexibility index (Phi) is 5.67. The summed E-state index contributed by atoms with van der Waals surface area (Å²) in [5, 5.41) is 4.48. The van der Waals surface area contributed by atoms with Gasteiger partial charge in [0.1, 0.15) is 0 Å². The summed E-state index contributed by atoms with van der Waals surface area (Å²) in [4.78, 5) is 17.1. The molecule has 0 unspecified atom stereocenters. The van der Waals surface area contributed by atoms with Crippen LogP contribution in [0.15, 0.2) is 18.2 Å². The molecule has 1 N–H and O–H groups in total. The van der Waals surface area contributed by atoms with Gasteiger partial charge in [0.15, 0.2) is 0 Å². The first-order valence-corrected chi connectivity index (χ1v) is 8.94. The van der Waals surface area contributed by atoms with Crippen molar-refractivity contribution >= 4 is 29.1 Å². The fraction of sp³-hybridized carbons (Fsp3) is 0.588. The number of piperazine rings is 1. The minimum absolute atomic E-state index is 0.123. The number of nitrogens with zero attached hydrogens (tertiary/aromatic N) is 2. The molecule has 7 heteroatoms. The van der Waals surface area contributed by atoms with Crippen LogP contribution in [0.3, 0.4) is 0 Å². The Bertz CT molecular complexity index is 609. The highest BCUT2D eigenvalue weighted by Gasteiger charge is 2.43. The highest BCUT2D eigenvalue weighted by molar-refractivity contribution is 6.42. The van der Waals surface area contributed by atoms with Gasteiger partial charge in [-0.1, -0.05) is 29.3 Å². The molecule has 24 heavy (non-hydrogen) atoms. The Morgan fingerprint density at radius 1 is 1.33 bits per heavy atom. The number of amides is 1. The second-order valence-corrected chi connectivity index (χ2v) is 7.45. The van der Waals surface area contributed by atoms with Crippen LogP contribution in [0.25, 0.3) is 0 Å². The molecule has 2 aliphatic heterocycles. The van der Waals surface area contributed by atoms with E-state index in [-0.39, 0.29) is 24.0 Å². The first-order chi connectivity index (χ1) is 11.5. The molecule has 0 radical (unpaired) electrons. The van der Waals surface area contributed by atoms with Crippen molar-refractivity contribution in [2.24, 2.45) is 0 Å². The van der Waals surface area contributed by atoms with Gasteiger partial charge in [-0.3, -0.25) is 4.79 Å². The van der Waals surface area contributed by atoms with E-state index >= 15 is 0 Å². The van der Waals surface area contributed by atoms with Crippen LogP contribution in [0.2, 0.25) is 10.0 Å². The van der Waals surface area contributed by atoms with Crippen molar-refractivity contribution in [1.82, 2.24) is 15.1 Å². The topological polar surface area (TPSA) is 44.8 Å². The lowest BCUT2D eigenvalue weighted by Gasteiger charge is -2.50. The number of hydrogen-bond acceptors (Lipinski definition) is 4. The van der Waals surface area contributed by atoms with Gasteiger partial charge in [-0.25, -0.2) is 0 Å². The third-order valence-corrected chi connectivity index (χ3v) is 5.57. The number of halogens is 2. The zero-order valence-corrected chi connectivity index (χ0v) is 15.5. The van der Waals surface area contributed by atoms with Crippen LogP contribution in [0.4, 0.5) is 0 Å². The smallest absolute Gasteiger partial charge is 0.227 e. The Hall–Kier alpha value is -0.850. The highest BCUT2D eigenvalue weighted by Crippen LogP contribution is 2.25. The van der Waals surface area contributed by atoms with Gasteiger partial charge in [0.25, 0.3) is 0 Å². The van der Waals surface area contributed by atoms with E-state index in [1.54, 1.807) is 12.1 Å². The van der Waals surface area contributed by atoms with Crippen LogP contribution in [-0.4, -0.2) is 74.2 Å². The molecule has 132 valence electrons. The largest absolute Gasteiger partial charge is 0.378 e. The van der Waals surface area contributed by atoms with E-state index in [4.69, 9.17) is 27.9 Å². The molecule has 0 bridgehead atoms. The summed E-state index contributed by atoms with van der Waals surface area (Å²) >= 11 is 12.0. The van der Waals surface area contributed by atoms with Crippen molar-refractivity contribution in [1.29, 1.82) is 0 Å². The molecule has 0 aliphatic carbocycles. The Morgan fingerprint density at radius 2 is 2.12 bits per heavy atom. The van der Waals surface area contributed by atoms with Crippen LogP contribution in [-0.2, 0) is 16.0 Å². The minimum atomic E-state index is 0.123. The van der Waals surface area contributed by atoms with Crippen LogP contribution in [0, 0.1) is 0 Å². The molecule has 2 fully saturated rings. The SMILES string of the molecule is CN(C)[C@H]1COC[C@H]2NCCN(C(=O)Cc3ccc(Cl)c(Cl)c3)[C@@H]21. The van der Waals surface area contributed by atoms with Gasteiger partial charge in [0, 0.05) is 13.1 Å². The van der Waals surface area contributed by atoms with Gasteiger partial charge >= 0.3 is 0 Å². The first-order valence-electron chi connectivity index (χ1n) is 8.18. The van der Waals surface area contributed by atoms with Gasteiger partial charge < -0.3 is 19.9 Å². The van der Waals surface area contributed by atoms with Crippen molar-refractivity contribution in [3.63, 3.8) is 0 Å². The summed E-state index contributed by atoms with van der Waals surface area (Å²) in [6.45, 7) is 2.79. The number of carbonyl (C=O) groups is 1. The van der Waals surface area contributed by atoms with Crippen LogP contribution in [0.5, 0.6) is 0 Å². The van der Waals surface area contributed by atoms with E-state index in [1.807, 2.05) is 25.1 Å². The fourth-order valence-corrected chi connectivity index (χ4v) is 3.90. The zero-order valence-electron chi connectivity index (χ0n) is 14.0. The van der Waals surface area contributed by atoms with Gasteiger partial charge in [0.05, 0.1) is 47.8 Å².